The Bertz CT molecular complexity index is 1400. The highest BCUT2D eigenvalue weighted by Crippen LogP contribution is 2.48. The van der Waals surface area contributed by atoms with Crippen molar-refractivity contribution in [2.24, 2.45) is 0 Å². The molecule has 2 aromatic carbocycles. The molecule has 31 heavy (non-hydrogen) atoms. The average molecular weight is 416 g/mol. The van der Waals surface area contributed by atoms with Gasteiger partial charge >= 0.3 is 11.3 Å². The summed E-state index contributed by atoms with van der Waals surface area (Å²) in [5.41, 5.74) is 1.29. The molecule has 0 amide bonds. The van der Waals surface area contributed by atoms with Gasteiger partial charge in [-0.05, 0) is 43.0 Å². The highest BCUT2D eigenvalue weighted by atomic mass is 16.5. The van der Waals surface area contributed by atoms with Crippen LogP contribution in [0.25, 0.3) is 21.9 Å². The zero-order chi connectivity index (χ0) is 21.9. The van der Waals surface area contributed by atoms with Crippen LogP contribution in [0.1, 0.15) is 48.9 Å². The van der Waals surface area contributed by atoms with Crippen molar-refractivity contribution in [1.82, 2.24) is 0 Å². The minimum absolute atomic E-state index is 0.0408. The fourth-order valence-electron chi connectivity index (χ4n) is 4.47. The van der Waals surface area contributed by atoms with Crippen LogP contribution >= 0.6 is 0 Å². The minimum Gasteiger partial charge on any atom is -0.455 e. The second-order valence-corrected chi connectivity index (χ2v) is 7.71. The predicted molar refractivity (Wildman–Crippen MR) is 116 cm³/mol. The monoisotopic (exact) mass is 416 g/mol. The third-order valence-corrected chi connectivity index (χ3v) is 5.95. The Morgan fingerprint density at radius 3 is 1.65 bits per heavy atom. The van der Waals surface area contributed by atoms with Gasteiger partial charge in [-0.1, -0.05) is 38.1 Å². The standard InChI is InChI=1S/C25H20O6/c1-4-13-8-6-10-15-20(13)30-24(27)18-17(12(3)26)19-23(29-22(15)18)16-11-7-9-14(5-2)21(16)31-25(19)28/h6-11,17H,4-5H2,1-3H3. The first-order chi connectivity index (χ1) is 15.0. The summed E-state index contributed by atoms with van der Waals surface area (Å²) >= 11 is 0. The molecule has 0 unspecified atom stereocenters. The van der Waals surface area contributed by atoms with Crippen molar-refractivity contribution in [2.45, 2.75) is 39.5 Å². The van der Waals surface area contributed by atoms with E-state index in [2.05, 4.69) is 0 Å². The van der Waals surface area contributed by atoms with E-state index in [1.165, 1.54) is 6.92 Å². The molecule has 1 aliphatic rings. The van der Waals surface area contributed by atoms with Crippen molar-refractivity contribution in [2.75, 3.05) is 0 Å². The Hall–Kier alpha value is -3.67. The van der Waals surface area contributed by atoms with Crippen molar-refractivity contribution in [3.63, 3.8) is 0 Å². The lowest BCUT2D eigenvalue weighted by Crippen LogP contribution is -2.29. The number of Topliss-reactive ketones (excluding diaryl/α,β-unsaturated/α-hetero) is 1. The molecule has 0 N–H and O–H groups in total. The van der Waals surface area contributed by atoms with E-state index >= 15 is 0 Å². The van der Waals surface area contributed by atoms with E-state index in [0.717, 1.165) is 11.1 Å². The first-order valence-electron chi connectivity index (χ1n) is 10.3. The van der Waals surface area contributed by atoms with Gasteiger partial charge in [-0.15, -0.1) is 0 Å². The Morgan fingerprint density at radius 1 is 0.806 bits per heavy atom. The molecule has 0 fully saturated rings. The molecule has 0 saturated heterocycles. The van der Waals surface area contributed by atoms with Crippen LogP contribution in [0.15, 0.2) is 54.8 Å². The van der Waals surface area contributed by atoms with E-state index in [0.29, 0.717) is 34.8 Å². The molecule has 0 spiro atoms. The van der Waals surface area contributed by atoms with E-state index in [4.69, 9.17) is 13.6 Å². The number of para-hydroxylation sites is 2. The van der Waals surface area contributed by atoms with Gasteiger partial charge in [0, 0.05) is 0 Å². The van der Waals surface area contributed by atoms with E-state index in [-0.39, 0.29) is 28.4 Å². The molecular weight excluding hydrogens is 396 g/mol. The van der Waals surface area contributed by atoms with Crippen LogP contribution in [0.4, 0.5) is 0 Å². The third kappa shape index (κ3) is 2.68. The number of hydrogen-bond donors (Lipinski definition) is 0. The largest absolute Gasteiger partial charge is 0.455 e. The van der Waals surface area contributed by atoms with Gasteiger partial charge in [0.15, 0.2) is 0 Å². The summed E-state index contributed by atoms with van der Waals surface area (Å²) in [6.45, 7) is 5.28. The number of fused-ring (bicyclic) bond motifs is 6. The topological polar surface area (TPSA) is 86.7 Å². The van der Waals surface area contributed by atoms with E-state index in [1.54, 1.807) is 12.1 Å². The Balaban J connectivity index is 1.95. The molecule has 156 valence electrons. The molecule has 1 aliphatic heterocycles. The Morgan fingerprint density at radius 2 is 1.26 bits per heavy atom. The van der Waals surface area contributed by atoms with Crippen molar-refractivity contribution in [1.29, 1.82) is 0 Å². The summed E-state index contributed by atoms with van der Waals surface area (Å²) in [5.74, 6) is -0.941. The lowest BCUT2D eigenvalue weighted by atomic mass is 9.85. The summed E-state index contributed by atoms with van der Waals surface area (Å²) in [7, 11) is 0. The first kappa shape index (κ1) is 19.3. The molecule has 4 aromatic rings. The van der Waals surface area contributed by atoms with Crippen LogP contribution in [0.2, 0.25) is 0 Å². The predicted octanol–water partition coefficient (Wildman–Crippen LogP) is 4.85. The average Bonchev–Trinajstić information content (AvgIpc) is 2.77. The molecular formula is C25H20O6. The Labute approximate surface area is 177 Å². The van der Waals surface area contributed by atoms with E-state index in [1.807, 2.05) is 38.1 Å². The van der Waals surface area contributed by atoms with Crippen LogP contribution in [0, 0.1) is 0 Å². The number of ketones is 1. The number of carbonyl (C=O) groups excluding carboxylic acids is 1. The number of benzene rings is 2. The minimum atomic E-state index is -1.12. The van der Waals surface area contributed by atoms with Gasteiger partial charge in [0.05, 0.1) is 27.8 Å². The summed E-state index contributed by atoms with van der Waals surface area (Å²) in [4.78, 5) is 38.8. The van der Waals surface area contributed by atoms with Gasteiger partial charge in [0.1, 0.15) is 28.4 Å². The lowest BCUT2D eigenvalue weighted by molar-refractivity contribution is -0.117. The second-order valence-electron chi connectivity index (χ2n) is 7.71. The molecule has 6 nitrogen and oxygen atoms in total. The normalized spacial score (nSPS) is 13.1. The van der Waals surface area contributed by atoms with Crippen molar-refractivity contribution in [3.05, 3.63) is 79.5 Å². The van der Waals surface area contributed by atoms with Gasteiger partial charge in [-0.3, -0.25) is 4.79 Å². The Kier molecular flexibility index (Phi) is 4.32. The van der Waals surface area contributed by atoms with Gasteiger partial charge in [0.25, 0.3) is 0 Å². The van der Waals surface area contributed by atoms with Gasteiger partial charge in [-0.25, -0.2) is 9.59 Å². The zero-order valence-corrected chi connectivity index (χ0v) is 17.4. The van der Waals surface area contributed by atoms with E-state index in [9.17, 15) is 14.4 Å². The molecule has 0 saturated carbocycles. The van der Waals surface area contributed by atoms with Crippen molar-refractivity contribution in [3.8, 4) is 11.5 Å². The molecule has 0 atom stereocenters. The van der Waals surface area contributed by atoms with Crippen molar-refractivity contribution >= 4 is 27.7 Å². The van der Waals surface area contributed by atoms with Gasteiger partial charge in [0.2, 0.25) is 0 Å². The van der Waals surface area contributed by atoms with Crippen LogP contribution < -0.4 is 16.0 Å². The smallest absolute Gasteiger partial charge is 0.344 e. The second kappa shape index (κ2) is 6.94. The molecule has 3 heterocycles. The van der Waals surface area contributed by atoms with Crippen LogP contribution in [-0.2, 0) is 17.6 Å². The number of carbonyl (C=O) groups is 1. The number of hydrogen-bond acceptors (Lipinski definition) is 6. The summed E-state index contributed by atoms with van der Waals surface area (Å²) in [5, 5.41) is 1.19. The molecule has 0 bridgehead atoms. The quantitative estimate of drug-likeness (QED) is 0.444. The van der Waals surface area contributed by atoms with Crippen LogP contribution in [-0.4, -0.2) is 5.78 Å². The van der Waals surface area contributed by atoms with E-state index < -0.39 is 17.2 Å². The fourth-order valence-corrected chi connectivity index (χ4v) is 4.47. The highest BCUT2D eigenvalue weighted by Gasteiger charge is 2.39. The summed E-state index contributed by atoms with van der Waals surface area (Å²) in [6, 6.07) is 11.1. The molecule has 0 radical (unpaired) electrons. The third-order valence-electron chi connectivity index (χ3n) is 5.95. The van der Waals surface area contributed by atoms with Crippen LogP contribution in [0.3, 0.4) is 0 Å². The maximum atomic E-state index is 13.0. The number of ether oxygens (including phenoxy) is 1. The molecule has 2 aromatic heterocycles. The summed E-state index contributed by atoms with van der Waals surface area (Å²) < 4.78 is 17.5. The van der Waals surface area contributed by atoms with Crippen LogP contribution in [0.5, 0.6) is 11.5 Å². The molecule has 5 rings (SSSR count). The maximum Gasteiger partial charge on any atom is 0.344 e. The highest BCUT2D eigenvalue weighted by molar-refractivity contribution is 5.98. The maximum absolute atomic E-state index is 13.0. The van der Waals surface area contributed by atoms with Gasteiger partial charge in [-0.2, -0.15) is 0 Å². The fraction of sp³-hybridized carbons (Fsp3) is 0.240. The summed E-state index contributed by atoms with van der Waals surface area (Å²) in [6.07, 6.45) is 1.33. The lowest BCUT2D eigenvalue weighted by Gasteiger charge is -2.26. The van der Waals surface area contributed by atoms with Gasteiger partial charge < -0.3 is 13.6 Å². The number of rotatable bonds is 3. The van der Waals surface area contributed by atoms with Crippen molar-refractivity contribution < 1.29 is 18.4 Å². The zero-order valence-electron chi connectivity index (χ0n) is 17.4. The molecule has 0 aliphatic carbocycles. The molecule has 6 heteroatoms. The first-order valence-corrected chi connectivity index (χ1v) is 10.3. The number of aryl methyl sites for hydroxylation is 2. The SMILES string of the molecule is CCc1cccc2c3c(c(=O)oc12)C(C(C)=O)c1c(c2cccc(CC)c2oc1=O)O3.